The third-order valence-corrected chi connectivity index (χ3v) is 8.36. The Morgan fingerprint density at radius 3 is 0.933 bits per heavy atom. The van der Waals surface area contributed by atoms with Crippen molar-refractivity contribution in [2.75, 3.05) is 0 Å². The van der Waals surface area contributed by atoms with Crippen LogP contribution in [0.2, 0.25) is 0 Å². The van der Waals surface area contributed by atoms with Gasteiger partial charge in [-0.15, -0.1) is 0 Å². The highest BCUT2D eigenvalue weighted by molar-refractivity contribution is 6.37. The van der Waals surface area contributed by atoms with Gasteiger partial charge in [0.1, 0.15) is 11.5 Å². The topological polar surface area (TPSA) is 38.7 Å². The summed E-state index contributed by atoms with van der Waals surface area (Å²) in [6.45, 7) is 0. The minimum atomic E-state index is -3.32. The average molecular weight is 878 g/mol. The van der Waals surface area contributed by atoms with Gasteiger partial charge in [-0.05, 0) is 18.2 Å². The van der Waals surface area contributed by atoms with E-state index in [0.29, 0.717) is 0 Å². The van der Waals surface area contributed by atoms with Gasteiger partial charge in [0.25, 0.3) is 0 Å². The zero-order chi connectivity index (χ0) is 44.6. The number of halogens is 20. The van der Waals surface area contributed by atoms with Gasteiger partial charge in [-0.1, -0.05) is 18.2 Å². The van der Waals surface area contributed by atoms with Gasteiger partial charge in [0, 0.05) is 22.3 Å². The Hall–Kier alpha value is -6.46. The molecule has 0 radical (unpaired) electrons. The molecular formula is C36H7BF20O3. The van der Waals surface area contributed by atoms with E-state index in [1.807, 2.05) is 0 Å². The minimum Gasteiger partial charge on any atom is -0.501 e. The first-order chi connectivity index (χ1) is 28.1. The normalized spacial score (nSPS) is 11.4. The monoisotopic (exact) mass is 878 g/mol. The first kappa shape index (κ1) is 43.1. The summed E-state index contributed by atoms with van der Waals surface area (Å²) in [4.78, 5) is 0. The van der Waals surface area contributed by atoms with Crippen molar-refractivity contribution in [3.8, 4) is 56.0 Å². The third-order valence-electron chi connectivity index (χ3n) is 8.36. The van der Waals surface area contributed by atoms with E-state index in [1.165, 1.54) is 6.07 Å². The van der Waals surface area contributed by atoms with Crippen LogP contribution in [0.15, 0.2) is 36.4 Å². The first-order valence-electron chi connectivity index (χ1n) is 15.4. The molecule has 0 saturated carbocycles. The van der Waals surface area contributed by atoms with E-state index in [4.69, 9.17) is 9.31 Å². The Bertz CT molecular complexity index is 2690. The van der Waals surface area contributed by atoms with Gasteiger partial charge < -0.3 is 14.3 Å². The summed E-state index contributed by atoms with van der Waals surface area (Å²) in [5, 5.41) is 10.7. The smallest absolute Gasteiger partial charge is 0.501 e. The fraction of sp³-hybridized carbons (Fsp3) is 0. The number of hydrogen-bond donors (Lipinski definition) is 1. The van der Waals surface area contributed by atoms with Crippen LogP contribution in [-0.2, 0) is 0 Å². The van der Waals surface area contributed by atoms with Crippen molar-refractivity contribution in [1.82, 2.24) is 0 Å². The summed E-state index contributed by atoms with van der Waals surface area (Å²) in [6.07, 6.45) is 0. The van der Waals surface area contributed by atoms with Crippen LogP contribution in [0.25, 0.3) is 44.5 Å². The van der Waals surface area contributed by atoms with E-state index < -0.39 is 186 Å². The van der Waals surface area contributed by atoms with E-state index in [9.17, 15) is 57.7 Å². The fourth-order valence-electron chi connectivity index (χ4n) is 5.77. The molecule has 0 fully saturated rings. The molecule has 0 atom stereocenters. The lowest BCUT2D eigenvalue weighted by molar-refractivity contribution is 0.298. The Morgan fingerprint density at radius 1 is 0.300 bits per heavy atom. The van der Waals surface area contributed by atoms with Gasteiger partial charge in [-0.2, -0.15) is 0 Å². The molecule has 60 heavy (non-hydrogen) atoms. The zero-order valence-electron chi connectivity index (χ0n) is 27.9. The Balaban J connectivity index is 2.04. The lowest BCUT2D eigenvalue weighted by atomic mass is 9.80. The Labute approximate surface area is 318 Å². The van der Waals surface area contributed by atoms with E-state index in [2.05, 4.69) is 0 Å². The summed E-state index contributed by atoms with van der Waals surface area (Å²) >= 11 is 0. The highest BCUT2D eigenvalue weighted by Crippen LogP contribution is 2.55. The van der Waals surface area contributed by atoms with Crippen LogP contribution in [0.3, 0.4) is 0 Å². The van der Waals surface area contributed by atoms with Gasteiger partial charge >= 0.3 is 7.32 Å². The molecule has 0 spiro atoms. The Kier molecular flexibility index (Phi) is 11.2. The van der Waals surface area contributed by atoms with Gasteiger partial charge in [-0.25, -0.2) is 87.8 Å². The van der Waals surface area contributed by atoms with Crippen molar-refractivity contribution in [2.24, 2.45) is 0 Å². The molecule has 6 aromatic rings. The number of rotatable bonds is 8. The predicted octanol–water partition coefficient (Wildman–Crippen LogP) is 11.6. The van der Waals surface area contributed by atoms with Crippen molar-refractivity contribution >= 4 is 7.32 Å². The zero-order valence-corrected chi connectivity index (χ0v) is 27.9. The SMILES string of the molecule is OB(Oc1ccccc1)Oc1cc(-c2c(F)c(F)c(F)c(F)c2F)c(-c2c(F)c(F)c(F)c(F)c2F)c(-c2c(F)c(F)c(F)c(F)c2F)c1-c1c(F)c(F)c(F)c(F)c1F. The lowest BCUT2D eigenvalue weighted by Crippen LogP contribution is -2.30. The van der Waals surface area contributed by atoms with Crippen molar-refractivity contribution in [3.05, 3.63) is 153 Å². The molecule has 0 heterocycles. The van der Waals surface area contributed by atoms with Crippen LogP contribution < -0.4 is 9.31 Å². The molecule has 6 rings (SSSR count). The van der Waals surface area contributed by atoms with Gasteiger partial charge in [-0.3, -0.25) is 0 Å². The fourth-order valence-corrected chi connectivity index (χ4v) is 5.77. The van der Waals surface area contributed by atoms with Crippen molar-refractivity contribution in [3.63, 3.8) is 0 Å². The molecule has 6 aromatic carbocycles. The molecule has 0 aromatic heterocycles. The average Bonchev–Trinajstić information content (AvgIpc) is 3.22. The summed E-state index contributed by atoms with van der Waals surface area (Å²) in [6, 6.07) is 4.99. The van der Waals surface area contributed by atoms with Crippen LogP contribution in [0.5, 0.6) is 11.5 Å². The van der Waals surface area contributed by atoms with Crippen LogP contribution in [0.1, 0.15) is 0 Å². The van der Waals surface area contributed by atoms with Crippen LogP contribution in [0.4, 0.5) is 87.8 Å². The van der Waals surface area contributed by atoms with E-state index in [-0.39, 0.29) is 0 Å². The van der Waals surface area contributed by atoms with Gasteiger partial charge in [0.2, 0.25) is 23.3 Å². The standard InChI is InChI=1S/C36H7BF20O3/c38-17-11(18(39)26(47)33(54)25(17)46)8-6-9(60-37(58)59-7-4-2-1-3-5-7)12(15-21(42)29(50)35(56)30(51)22(15)43)13(16-23(44)31(52)36(57)32(53)24(16)45)10(8)14-19(40)27(48)34(55)28(49)20(14)41/h1-6,58H. The minimum absolute atomic E-state index is 0.527. The molecule has 0 saturated heterocycles. The van der Waals surface area contributed by atoms with Gasteiger partial charge in [0.15, 0.2) is 93.1 Å². The van der Waals surface area contributed by atoms with Crippen molar-refractivity contribution < 1.29 is 102 Å². The molecule has 0 unspecified atom stereocenters. The quantitative estimate of drug-likeness (QED) is 0.0717. The third kappa shape index (κ3) is 6.57. The second kappa shape index (κ2) is 15.6. The second-order valence-electron chi connectivity index (χ2n) is 11.7. The van der Waals surface area contributed by atoms with Crippen LogP contribution in [-0.4, -0.2) is 12.3 Å². The molecule has 0 bridgehead atoms. The predicted molar refractivity (Wildman–Crippen MR) is 163 cm³/mol. The van der Waals surface area contributed by atoms with Crippen molar-refractivity contribution in [1.29, 1.82) is 0 Å². The van der Waals surface area contributed by atoms with Crippen LogP contribution >= 0.6 is 0 Å². The van der Waals surface area contributed by atoms with Crippen molar-refractivity contribution in [2.45, 2.75) is 0 Å². The summed E-state index contributed by atoms with van der Waals surface area (Å²) in [5.41, 5.74) is -21.8. The number of benzene rings is 6. The second-order valence-corrected chi connectivity index (χ2v) is 11.7. The maximum absolute atomic E-state index is 15.9. The lowest BCUT2D eigenvalue weighted by Gasteiger charge is -2.26. The highest BCUT2D eigenvalue weighted by Gasteiger charge is 2.42. The van der Waals surface area contributed by atoms with E-state index >= 15 is 35.1 Å². The molecule has 0 aliphatic heterocycles. The molecule has 312 valence electrons. The molecule has 0 amide bonds. The highest BCUT2D eigenvalue weighted by atomic mass is 19.2. The van der Waals surface area contributed by atoms with Gasteiger partial charge in [0.05, 0.1) is 22.3 Å². The summed E-state index contributed by atoms with van der Waals surface area (Å²) < 4.78 is 312. The van der Waals surface area contributed by atoms with Crippen LogP contribution in [0, 0.1) is 116 Å². The molecule has 24 heteroatoms. The first-order valence-corrected chi connectivity index (χ1v) is 15.4. The largest absolute Gasteiger partial charge is 0.785 e. The molecule has 1 N–H and O–H groups in total. The van der Waals surface area contributed by atoms with E-state index in [0.717, 1.165) is 24.3 Å². The number of hydrogen-bond acceptors (Lipinski definition) is 3. The summed E-state index contributed by atoms with van der Waals surface area (Å²) in [5.74, 6) is -66.6. The maximum atomic E-state index is 15.9. The maximum Gasteiger partial charge on any atom is 0.785 e. The molecule has 0 aliphatic carbocycles. The molecule has 0 aliphatic rings. The Morgan fingerprint density at radius 2 is 0.583 bits per heavy atom. The number of para-hydroxylation sites is 1. The molecule has 3 nitrogen and oxygen atoms in total. The summed E-state index contributed by atoms with van der Waals surface area (Å²) in [7, 11) is -3.19. The van der Waals surface area contributed by atoms with E-state index in [1.54, 1.807) is 0 Å². The molecular weight excluding hydrogens is 871 g/mol.